The first-order chi connectivity index (χ1) is 11.5. The van der Waals surface area contributed by atoms with Crippen LogP contribution in [0.1, 0.15) is 5.56 Å². The van der Waals surface area contributed by atoms with E-state index in [-0.39, 0.29) is 0 Å². The molecule has 2 radical (unpaired) electrons. The van der Waals surface area contributed by atoms with Gasteiger partial charge in [0.1, 0.15) is 28.7 Å². The van der Waals surface area contributed by atoms with Crippen LogP contribution in [0.5, 0.6) is 11.5 Å². The number of imidazole rings is 1. The second kappa shape index (κ2) is 6.31. The normalized spacial score (nSPS) is 10.8. The zero-order valence-electron chi connectivity index (χ0n) is 13.9. The van der Waals surface area contributed by atoms with E-state index in [1.54, 1.807) is 26.6 Å². The highest BCUT2D eigenvalue weighted by molar-refractivity contribution is 6.19. The molecule has 0 aliphatic carbocycles. The third kappa shape index (κ3) is 2.82. The Kier molecular flexibility index (Phi) is 4.20. The van der Waals surface area contributed by atoms with E-state index < -0.39 is 0 Å². The van der Waals surface area contributed by atoms with E-state index in [0.29, 0.717) is 35.2 Å². The predicted molar refractivity (Wildman–Crippen MR) is 94.4 cm³/mol. The molecule has 0 saturated heterocycles. The molecule has 1 aromatic carbocycles. The van der Waals surface area contributed by atoms with Crippen molar-refractivity contribution in [2.45, 2.75) is 6.54 Å². The summed E-state index contributed by atoms with van der Waals surface area (Å²) in [5, 5.41) is 0. The van der Waals surface area contributed by atoms with Gasteiger partial charge in [0.15, 0.2) is 0 Å². The minimum atomic E-state index is 0.384. The number of nitrogen functional groups attached to an aromatic ring is 1. The second-order valence-electron chi connectivity index (χ2n) is 5.40. The standard InChI is InChI=1S/C16H18BN5O2/c1-21-9-19-15-12(21)7-14(18)20-16(15)22(17)8-10-4-5-11(23-2)6-13(10)24-3/h4-7,9H,8H2,1-3H3,(H2,18,20). The summed E-state index contributed by atoms with van der Waals surface area (Å²) < 4.78 is 12.5. The molecule has 24 heavy (non-hydrogen) atoms. The number of anilines is 2. The highest BCUT2D eigenvalue weighted by atomic mass is 16.5. The quantitative estimate of drug-likeness (QED) is 0.720. The zero-order chi connectivity index (χ0) is 17.3. The van der Waals surface area contributed by atoms with Gasteiger partial charge in [-0.3, -0.25) is 0 Å². The van der Waals surface area contributed by atoms with Crippen LogP contribution in [0.25, 0.3) is 11.0 Å². The molecule has 0 atom stereocenters. The lowest BCUT2D eigenvalue weighted by atomic mass is 10.1. The maximum atomic E-state index is 6.24. The summed E-state index contributed by atoms with van der Waals surface area (Å²) in [6, 6.07) is 7.34. The monoisotopic (exact) mass is 323 g/mol. The van der Waals surface area contributed by atoms with Crippen LogP contribution in [0.15, 0.2) is 30.6 Å². The molecule has 2 heterocycles. The third-order valence-corrected chi connectivity index (χ3v) is 3.82. The fourth-order valence-electron chi connectivity index (χ4n) is 2.57. The molecule has 8 heteroatoms. The Morgan fingerprint density at radius 2 is 2.04 bits per heavy atom. The Bertz CT molecular complexity index is 880. The Morgan fingerprint density at radius 1 is 1.25 bits per heavy atom. The lowest BCUT2D eigenvalue weighted by molar-refractivity contribution is 0.391. The van der Waals surface area contributed by atoms with Gasteiger partial charge in [-0.1, -0.05) is 0 Å². The van der Waals surface area contributed by atoms with Crippen molar-refractivity contribution in [3.8, 4) is 11.5 Å². The number of ether oxygens (including phenoxy) is 2. The highest BCUT2D eigenvalue weighted by Crippen LogP contribution is 2.29. The van der Waals surface area contributed by atoms with Gasteiger partial charge >= 0.3 is 0 Å². The molecule has 0 spiro atoms. The number of hydrogen-bond acceptors (Lipinski definition) is 6. The van der Waals surface area contributed by atoms with Gasteiger partial charge in [-0.15, -0.1) is 0 Å². The zero-order valence-corrected chi connectivity index (χ0v) is 13.9. The molecule has 0 bridgehead atoms. The topological polar surface area (TPSA) is 78.4 Å². The number of aryl methyl sites for hydroxylation is 1. The molecule has 2 aromatic heterocycles. The number of hydrogen-bond donors (Lipinski definition) is 1. The van der Waals surface area contributed by atoms with Gasteiger partial charge in [0.2, 0.25) is 7.98 Å². The van der Waals surface area contributed by atoms with Gasteiger partial charge in [0, 0.05) is 31.3 Å². The van der Waals surface area contributed by atoms with E-state index >= 15 is 0 Å². The van der Waals surface area contributed by atoms with Crippen molar-refractivity contribution in [1.82, 2.24) is 14.5 Å². The van der Waals surface area contributed by atoms with Crippen LogP contribution < -0.4 is 20.0 Å². The first-order valence-corrected chi connectivity index (χ1v) is 7.34. The molecule has 2 N–H and O–H groups in total. The summed E-state index contributed by atoms with van der Waals surface area (Å²) in [5.74, 6) is 2.31. The van der Waals surface area contributed by atoms with E-state index in [2.05, 4.69) is 9.97 Å². The van der Waals surface area contributed by atoms with Crippen molar-refractivity contribution >= 4 is 30.7 Å². The van der Waals surface area contributed by atoms with Crippen LogP contribution in [0.2, 0.25) is 0 Å². The van der Waals surface area contributed by atoms with Crippen LogP contribution in [0, 0.1) is 0 Å². The molecular weight excluding hydrogens is 305 g/mol. The smallest absolute Gasteiger partial charge is 0.229 e. The van der Waals surface area contributed by atoms with Crippen molar-refractivity contribution in [3.63, 3.8) is 0 Å². The number of nitrogens with two attached hydrogens (primary N) is 1. The molecule has 3 aromatic rings. The number of aromatic nitrogens is 3. The van der Waals surface area contributed by atoms with Crippen molar-refractivity contribution in [3.05, 3.63) is 36.2 Å². The number of nitrogens with zero attached hydrogens (tertiary/aromatic N) is 4. The average Bonchev–Trinajstić information content (AvgIpc) is 2.95. The van der Waals surface area contributed by atoms with Gasteiger partial charge in [0.25, 0.3) is 0 Å². The lowest BCUT2D eigenvalue weighted by Crippen LogP contribution is -2.21. The van der Waals surface area contributed by atoms with Crippen LogP contribution in [-0.4, -0.2) is 36.7 Å². The van der Waals surface area contributed by atoms with Gasteiger partial charge in [-0.2, -0.15) is 0 Å². The van der Waals surface area contributed by atoms with Gasteiger partial charge < -0.3 is 24.6 Å². The first kappa shape index (κ1) is 16.0. The molecule has 0 fully saturated rings. The van der Waals surface area contributed by atoms with E-state index in [1.807, 2.05) is 29.8 Å². The summed E-state index contributed by atoms with van der Waals surface area (Å²) in [6.07, 6.45) is 1.71. The maximum absolute atomic E-state index is 6.24. The van der Waals surface area contributed by atoms with Crippen molar-refractivity contribution in [2.24, 2.45) is 7.05 Å². The molecule has 7 nitrogen and oxygen atoms in total. The van der Waals surface area contributed by atoms with Crippen LogP contribution in [0.3, 0.4) is 0 Å². The van der Waals surface area contributed by atoms with Gasteiger partial charge in [-0.25, -0.2) is 9.97 Å². The largest absolute Gasteiger partial charge is 0.497 e. The van der Waals surface area contributed by atoms with E-state index in [4.69, 9.17) is 23.2 Å². The molecule has 0 unspecified atom stereocenters. The van der Waals surface area contributed by atoms with Crippen molar-refractivity contribution in [2.75, 3.05) is 24.8 Å². The summed E-state index contributed by atoms with van der Waals surface area (Å²) >= 11 is 0. The molecule has 0 aliphatic rings. The summed E-state index contributed by atoms with van der Waals surface area (Å²) in [6.45, 7) is 0.384. The molecule has 0 amide bonds. The fourth-order valence-corrected chi connectivity index (χ4v) is 2.57. The number of pyridine rings is 1. The average molecular weight is 323 g/mol. The SMILES string of the molecule is [B]N(Cc1ccc(OC)cc1OC)c1nc(N)cc2c1ncn2C. The van der Waals surface area contributed by atoms with Crippen molar-refractivity contribution in [1.29, 1.82) is 0 Å². The van der Waals surface area contributed by atoms with E-state index in [0.717, 1.165) is 11.1 Å². The van der Waals surface area contributed by atoms with Crippen molar-refractivity contribution < 1.29 is 9.47 Å². The molecule has 0 saturated carbocycles. The molecular formula is C16H18BN5O2. The summed E-state index contributed by atoms with van der Waals surface area (Å²) in [5.41, 5.74) is 8.37. The minimum absolute atomic E-state index is 0.384. The maximum Gasteiger partial charge on any atom is 0.229 e. The van der Waals surface area contributed by atoms with E-state index in [1.165, 1.54) is 4.81 Å². The molecule has 0 aliphatic heterocycles. The van der Waals surface area contributed by atoms with Gasteiger partial charge in [0.05, 0.1) is 26.1 Å². The third-order valence-electron chi connectivity index (χ3n) is 3.82. The van der Waals surface area contributed by atoms with E-state index in [9.17, 15) is 0 Å². The molecule has 3 rings (SSSR count). The van der Waals surface area contributed by atoms with Gasteiger partial charge in [-0.05, 0) is 12.1 Å². The van der Waals surface area contributed by atoms with Crippen LogP contribution in [-0.2, 0) is 13.6 Å². The Morgan fingerprint density at radius 3 is 2.75 bits per heavy atom. The highest BCUT2D eigenvalue weighted by Gasteiger charge is 2.15. The summed E-state index contributed by atoms with van der Waals surface area (Å²) in [7, 11) is 11.4. The number of rotatable bonds is 5. The number of fused-ring (bicyclic) bond motifs is 1. The lowest BCUT2D eigenvalue weighted by Gasteiger charge is -2.21. The Hall–Kier alpha value is -2.90. The number of benzene rings is 1. The Balaban J connectivity index is 1.97. The fraction of sp³-hybridized carbons (Fsp3) is 0.250. The first-order valence-electron chi connectivity index (χ1n) is 7.34. The molecule has 122 valence electrons. The predicted octanol–water partition coefficient (Wildman–Crippen LogP) is 1.66. The minimum Gasteiger partial charge on any atom is -0.497 e. The number of methoxy groups -OCH3 is 2. The Labute approximate surface area is 141 Å². The van der Waals surface area contributed by atoms with Crippen LogP contribution >= 0.6 is 0 Å². The summed E-state index contributed by atoms with van der Waals surface area (Å²) in [4.78, 5) is 10.2. The second-order valence-corrected chi connectivity index (χ2v) is 5.40. The van der Waals surface area contributed by atoms with Crippen LogP contribution in [0.4, 0.5) is 11.6 Å².